The lowest BCUT2D eigenvalue weighted by atomic mass is 10.1. The van der Waals surface area contributed by atoms with Crippen LogP contribution in [0.2, 0.25) is 0 Å². The molecule has 24 heavy (non-hydrogen) atoms. The van der Waals surface area contributed by atoms with E-state index in [9.17, 15) is 13.2 Å². The largest absolute Gasteiger partial charge is 0.416 e. The van der Waals surface area contributed by atoms with E-state index in [0.29, 0.717) is 22.4 Å². The maximum absolute atomic E-state index is 13.0. The molecule has 1 saturated heterocycles. The number of piperazine rings is 1. The quantitative estimate of drug-likeness (QED) is 0.743. The molecule has 3 aromatic rings. The van der Waals surface area contributed by atoms with Gasteiger partial charge in [0.15, 0.2) is 0 Å². The summed E-state index contributed by atoms with van der Waals surface area (Å²) >= 11 is 0. The zero-order valence-corrected chi connectivity index (χ0v) is 13.1. The molecule has 0 saturated carbocycles. The third-order valence-electron chi connectivity index (χ3n) is 4.24. The summed E-state index contributed by atoms with van der Waals surface area (Å²) in [5.41, 5.74) is 1.27. The van der Waals surface area contributed by atoms with Crippen molar-refractivity contribution in [3.8, 4) is 0 Å². The third kappa shape index (κ3) is 2.47. The van der Waals surface area contributed by atoms with Crippen molar-refractivity contribution in [2.45, 2.75) is 13.1 Å². The SMILES string of the molecule is Cc1cc2c3cc(C(F)(F)F)ccc3nc(N3CCNCC3)n2n1. The number of halogens is 3. The van der Waals surface area contributed by atoms with Gasteiger partial charge in [-0.1, -0.05) is 0 Å². The molecular weight excluding hydrogens is 319 g/mol. The van der Waals surface area contributed by atoms with E-state index in [1.54, 1.807) is 10.6 Å². The lowest BCUT2D eigenvalue weighted by molar-refractivity contribution is -0.137. The number of anilines is 1. The normalized spacial score (nSPS) is 16.2. The van der Waals surface area contributed by atoms with E-state index in [1.807, 2.05) is 6.92 Å². The summed E-state index contributed by atoms with van der Waals surface area (Å²) in [6.45, 7) is 5.08. The van der Waals surface area contributed by atoms with Crippen molar-refractivity contribution < 1.29 is 13.2 Å². The Kier molecular flexibility index (Phi) is 3.38. The zero-order valence-electron chi connectivity index (χ0n) is 13.1. The van der Waals surface area contributed by atoms with Crippen LogP contribution in [-0.4, -0.2) is 40.8 Å². The van der Waals surface area contributed by atoms with Gasteiger partial charge < -0.3 is 10.2 Å². The molecule has 1 aliphatic heterocycles. The van der Waals surface area contributed by atoms with E-state index in [1.165, 1.54) is 6.07 Å². The van der Waals surface area contributed by atoms with Gasteiger partial charge >= 0.3 is 6.18 Å². The van der Waals surface area contributed by atoms with Gasteiger partial charge in [-0.05, 0) is 31.2 Å². The van der Waals surface area contributed by atoms with Crippen molar-refractivity contribution in [1.29, 1.82) is 0 Å². The smallest absolute Gasteiger partial charge is 0.338 e. The number of benzene rings is 1. The first-order chi connectivity index (χ1) is 11.4. The molecule has 1 aromatic carbocycles. The van der Waals surface area contributed by atoms with Crippen LogP contribution in [0.4, 0.5) is 19.1 Å². The third-order valence-corrected chi connectivity index (χ3v) is 4.24. The van der Waals surface area contributed by atoms with Crippen molar-refractivity contribution in [2.75, 3.05) is 31.1 Å². The molecule has 1 aliphatic rings. The molecule has 0 radical (unpaired) electrons. The highest BCUT2D eigenvalue weighted by molar-refractivity contribution is 5.95. The topological polar surface area (TPSA) is 45.5 Å². The van der Waals surface area contributed by atoms with Crippen LogP contribution in [0, 0.1) is 6.92 Å². The summed E-state index contributed by atoms with van der Waals surface area (Å²) in [6, 6.07) is 5.47. The Bertz CT molecular complexity index is 909. The average molecular weight is 335 g/mol. The van der Waals surface area contributed by atoms with E-state index in [-0.39, 0.29) is 0 Å². The summed E-state index contributed by atoms with van der Waals surface area (Å²) in [6.07, 6.45) is -4.38. The molecule has 0 spiro atoms. The number of hydrogen-bond donors (Lipinski definition) is 1. The monoisotopic (exact) mass is 335 g/mol. The first-order valence-electron chi connectivity index (χ1n) is 7.76. The Morgan fingerprint density at radius 2 is 1.88 bits per heavy atom. The van der Waals surface area contributed by atoms with E-state index in [4.69, 9.17) is 0 Å². The Balaban J connectivity index is 1.97. The van der Waals surface area contributed by atoms with Gasteiger partial charge in [-0.2, -0.15) is 22.8 Å². The van der Waals surface area contributed by atoms with Crippen LogP contribution in [0.1, 0.15) is 11.3 Å². The number of nitrogens with one attached hydrogen (secondary N) is 1. The molecule has 8 heteroatoms. The second-order valence-electron chi connectivity index (χ2n) is 5.96. The van der Waals surface area contributed by atoms with Crippen molar-refractivity contribution in [3.63, 3.8) is 0 Å². The highest BCUT2D eigenvalue weighted by Gasteiger charge is 2.31. The molecule has 0 amide bonds. The molecule has 1 fully saturated rings. The number of hydrogen-bond acceptors (Lipinski definition) is 4. The first kappa shape index (κ1) is 15.2. The number of alkyl halides is 3. The number of nitrogens with zero attached hydrogens (tertiary/aromatic N) is 4. The fourth-order valence-electron chi connectivity index (χ4n) is 3.08. The Hall–Kier alpha value is -2.35. The predicted octanol–water partition coefficient (Wildman–Crippen LogP) is 2.62. The number of aromatic nitrogens is 3. The van der Waals surface area contributed by atoms with Crippen molar-refractivity contribution in [3.05, 3.63) is 35.5 Å². The van der Waals surface area contributed by atoms with Gasteiger partial charge in [0.25, 0.3) is 0 Å². The van der Waals surface area contributed by atoms with Gasteiger partial charge in [0, 0.05) is 31.6 Å². The molecular formula is C16H16F3N5. The Labute approximate surface area is 136 Å². The van der Waals surface area contributed by atoms with E-state index in [2.05, 4.69) is 20.3 Å². The number of aryl methyl sites for hydroxylation is 1. The molecule has 1 N–H and O–H groups in total. The molecule has 5 nitrogen and oxygen atoms in total. The van der Waals surface area contributed by atoms with E-state index < -0.39 is 11.7 Å². The second-order valence-corrected chi connectivity index (χ2v) is 5.96. The summed E-state index contributed by atoms with van der Waals surface area (Å²) < 4.78 is 40.8. The lowest BCUT2D eigenvalue weighted by Gasteiger charge is -2.28. The molecule has 0 aliphatic carbocycles. The second kappa shape index (κ2) is 5.34. The van der Waals surface area contributed by atoms with Gasteiger partial charge in [0.05, 0.1) is 22.3 Å². The van der Waals surface area contributed by atoms with Crippen LogP contribution < -0.4 is 10.2 Å². The zero-order chi connectivity index (χ0) is 16.9. The van der Waals surface area contributed by atoms with Crippen LogP contribution in [0.15, 0.2) is 24.3 Å². The van der Waals surface area contributed by atoms with Gasteiger partial charge in [-0.25, -0.2) is 4.98 Å². The fraction of sp³-hybridized carbons (Fsp3) is 0.375. The minimum Gasteiger partial charge on any atom is -0.338 e. The molecule has 0 unspecified atom stereocenters. The average Bonchev–Trinajstić information content (AvgIpc) is 2.95. The highest BCUT2D eigenvalue weighted by Crippen LogP contribution is 2.33. The molecule has 0 bridgehead atoms. The maximum Gasteiger partial charge on any atom is 0.416 e. The van der Waals surface area contributed by atoms with Crippen LogP contribution in [0.5, 0.6) is 0 Å². The van der Waals surface area contributed by atoms with Crippen LogP contribution in [-0.2, 0) is 6.18 Å². The molecule has 2 aromatic heterocycles. The number of rotatable bonds is 1. The summed E-state index contributed by atoms with van der Waals surface area (Å²) in [5, 5.41) is 8.18. The first-order valence-corrected chi connectivity index (χ1v) is 7.76. The highest BCUT2D eigenvalue weighted by atomic mass is 19.4. The summed E-state index contributed by atoms with van der Waals surface area (Å²) in [7, 11) is 0. The van der Waals surface area contributed by atoms with E-state index >= 15 is 0 Å². The van der Waals surface area contributed by atoms with Gasteiger partial charge in [-0.15, -0.1) is 0 Å². The predicted molar refractivity (Wildman–Crippen MR) is 85.3 cm³/mol. The molecule has 4 rings (SSSR count). The van der Waals surface area contributed by atoms with E-state index in [0.717, 1.165) is 44.0 Å². The van der Waals surface area contributed by atoms with Crippen LogP contribution in [0.25, 0.3) is 16.4 Å². The summed E-state index contributed by atoms with van der Waals surface area (Å²) in [5.74, 6) is 0.673. The van der Waals surface area contributed by atoms with Gasteiger partial charge in [-0.3, -0.25) is 0 Å². The van der Waals surface area contributed by atoms with Crippen LogP contribution >= 0.6 is 0 Å². The van der Waals surface area contributed by atoms with Crippen molar-refractivity contribution in [2.24, 2.45) is 0 Å². The van der Waals surface area contributed by atoms with Crippen LogP contribution in [0.3, 0.4) is 0 Å². The van der Waals surface area contributed by atoms with Crippen molar-refractivity contribution >= 4 is 22.4 Å². The van der Waals surface area contributed by atoms with Gasteiger partial charge in [0.1, 0.15) is 0 Å². The minimum absolute atomic E-state index is 0.462. The molecule has 3 heterocycles. The number of fused-ring (bicyclic) bond motifs is 3. The summed E-state index contributed by atoms with van der Waals surface area (Å²) in [4.78, 5) is 6.70. The Morgan fingerprint density at radius 3 is 2.58 bits per heavy atom. The lowest BCUT2D eigenvalue weighted by Crippen LogP contribution is -2.44. The van der Waals surface area contributed by atoms with Crippen molar-refractivity contribution in [1.82, 2.24) is 19.9 Å². The molecule has 126 valence electrons. The Morgan fingerprint density at radius 1 is 1.12 bits per heavy atom. The standard InChI is InChI=1S/C16H16F3N5/c1-10-8-14-12-9-11(16(17,18)19)2-3-13(12)21-15(24(14)22-10)23-6-4-20-5-7-23/h2-3,8-9,20H,4-7H2,1H3. The minimum atomic E-state index is -4.38. The van der Waals surface area contributed by atoms with Gasteiger partial charge in [0.2, 0.25) is 5.95 Å². The molecule has 0 atom stereocenters. The maximum atomic E-state index is 13.0. The fourth-order valence-corrected chi connectivity index (χ4v) is 3.08.